The van der Waals surface area contributed by atoms with Crippen LogP contribution in [0.2, 0.25) is 0 Å². The summed E-state index contributed by atoms with van der Waals surface area (Å²) in [6.45, 7) is 3.35. The van der Waals surface area contributed by atoms with Gasteiger partial charge in [0.2, 0.25) is 5.90 Å². The van der Waals surface area contributed by atoms with E-state index in [0.717, 1.165) is 0 Å². The van der Waals surface area contributed by atoms with Gasteiger partial charge >= 0.3 is 5.97 Å². The molecule has 0 saturated heterocycles. The molecule has 0 aromatic heterocycles. The number of carboxylic acid groups (broad SMARTS) is 1. The van der Waals surface area contributed by atoms with Crippen LogP contribution in [-0.2, 0) is 14.4 Å². The quantitative estimate of drug-likeness (QED) is 0.663. The Morgan fingerprint density at radius 2 is 2.50 bits per heavy atom. The van der Waals surface area contributed by atoms with E-state index in [2.05, 4.69) is 5.16 Å². The van der Waals surface area contributed by atoms with Crippen LogP contribution in [0.25, 0.3) is 0 Å². The standard InChI is InChI=1S/C7H11NO4/c1-7(2)3-5(8-12-7)11-4-6(9)10/h3-4H2,1-2H3,(H,9,10). The van der Waals surface area contributed by atoms with Gasteiger partial charge in [-0.1, -0.05) is 5.16 Å². The van der Waals surface area contributed by atoms with Crippen LogP contribution in [0.3, 0.4) is 0 Å². The largest absolute Gasteiger partial charge is 0.479 e. The van der Waals surface area contributed by atoms with Gasteiger partial charge in [0.15, 0.2) is 6.61 Å². The zero-order valence-electron chi connectivity index (χ0n) is 7.03. The maximum Gasteiger partial charge on any atom is 0.341 e. The second kappa shape index (κ2) is 3.00. The number of oxime groups is 1. The highest BCUT2D eigenvalue weighted by atomic mass is 16.7. The van der Waals surface area contributed by atoms with Crippen molar-refractivity contribution < 1.29 is 19.5 Å². The Kier molecular flexibility index (Phi) is 2.21. The van der Waals surface area contributed by atoms with Crippen molar-refractivity contribution in [2.24, 2.45) is 5.16 Å². The molecule has 1 rings (SSSR count). The molecule has 0 spiro atoms. The van der Waals surface area contributed by atoms with Crippen LogP contribution in [-0.4, -0.2) is 29.2 Å². The number of carboxylic acids is 1. The van der Waals surface area contributed by atoms with Crippen LogP contribution in [0, 0.1) is 0 Å². The Morgan fingerprint density at radius 1 is 1.83 bits per heavy atom. The third-order valence-electron chi connectivity index (χ3n) is 1.33. The van der Waals surface area contributed by atoms with E-state index in [4.69, 9.17) is 14.7 Å². The van der Waals surface area contributed by atoms with E-state index in [9.17, 15) is 4.79 Å². The summed E-state index contributed by atoms with van der Waals surface area (Å²) >= 11 is 0. The van der Waals surface area contributed by atoms with Gasteiger partial charge in [-0.3, -0.25) is 0 Å². The molecule has 5 nitrogen and oxygen atoms in total. The molecule has 0 fully saturated rings. The predicted molar refractivity (Wildman–Crippen MR) is 40.8 cm³/mol. The maximum absolute atomic E-state index is 10.1. The molecule has 0 saturated carbocycles. The minimum atomic E-state index is -1.01. The number of hydrogen-bond donors (Lipinski definition) is 1. The number of aliphatic carboxylic acids is 1. The first-order valence-electron chi connectivity index (χ1n) is 3.59. The van der Waals surface area contributed by atoms with Crippen molar-refractivity contribution in [3.05, 3.63) is 0 Å². The van der Waals surface area contributed by atoms with Crippen molar-refractivity contribution in [2.45, 2.75) is 25.9 Å². The van der Waals surface area contributed by atoms with E-state index >= 15 is 0 Å². The molecule has 5 heteroatoms. The van der Waals surface area contributed by atoms with E-state index in [1.54, 1.807) is 0 Å². The molecule has 0 aliphatic carbocycles. The second-order valence-electron chi connectivity index (χ2n) is 3.20. The lowest BCUT2D eigenvalue weighted by Crippen LogP contribution is -2.20. The molecule has 0 unspecified atom stereocenters. The molecule has 68 valence electrons. The molecule has 1 aliphatic heterocycles. The summed E-state index contributed by atoms with van der Waals surface area (Å²) in [5.41, 5.74) is -0.367. The van der Waals surface area contributed by atoms with Gasteiger partial charge in [-0.15, -0.1) is 0 Å². The summed E-state index contributed by atoms with van der Waals surface area (Å²) in [4.78, 5) is 15.1. The number of ether oxygens (including phenoxy) is 1. The zero-order chi connectivity index (χ0) is 9.19. The minimum absolute atomic E-state index is 0.349. The van der Waals surface area contributed by atoms with Crippen molar-refractivity contribution in [1.82, 2.24) is 0 Å². The topological polar surface area (TPSA) is 68.1 Å². The summed E-state index contributed by atoms with van der Waals surface area (Å²) in [6.07, 6.45) is 0.514. The average Bonchev–Trinajstić information content (AvgIpc) is 2.26. The van der Waals surface area contributed by atoms with Gasteiger partial charge in [0.05, 0.1) is 6.42 Å². The van der Waals surface area contributed by atoms with E-state index in [1.807, 2.05) is 13.8 Å². The van der Waals surface area contributed by atoms with Crippen molar-refractivity contribution >= 4 is 11.9 Å². The Morgan fingerprint density at radius 3 is 2.92 bits per heavy atom. The molecule has 0 bridgehead atoms. The molecular weight excluding hydrogens is 162 g/mol. The molecule has 1 heterocycles. The monoisotopic (exact) mass is 173 g/mol. The molecule has 1 N–H and O–H groups in total. The lowest BCUT2D eigenvalue weighted by atomic mass is 10.1. The summed E-state index contributed by atoms with van der Waals surface area (Å²) in [5.74, 6) is -0.662. The molecular formula is C7H11NO4. The zero-order valence-corrected chi connectivity index (χ0v) is 7.03. The lowest BCUT2D eigenvalue weighted by molar-refractivity contribution is -0.139. The van der Waals surface area contributed by atoms with Crippen LogP contribution >= 0.6 is 0 Å². The maximum atomic E-state index is 10.1. The fraction of sp³-hybridized carbons (Fsp3) is 0.714. The van der Waals surface area contributed by atoms with E-state index < -0.39 is 5.97 Å². The average molecular weight is 173 g/mol. The van der Waals surface area contributed by atoms with Gasteiger partial charge in [0.25, 0.3) is 0 Å². The highest BCUT2D eigenvalue weighted by Gasteiger charge is 2.30. The molecule has 0 aromatic rings. The minimum Gasteiger partial charge on any atom is -0.479 e. The number of nitrogens with zero attached hydrogens (tertiary/aromatic N) is 1. The molecule has 1 aliphatic rings. The number of carbonyl (C=O) groups is 1. The first-order valence-corrected chi connectivity index (χ1v) is 3.59. The summed E-state index contributed by atoms with van der Waals surface area (Å²) in [5, 5.41) is 11.9. The van der Waals surface area contributed by atoms with Crippen LogP contribution < -0.4 is 0 Å². The Balaban J connectivity index is 2.33. The van der Waals surface area contributed by atoms with Gasteiger partial charge < -0.3 is 14.7 Å². The fourth-order valence-corrected chi connectivity index (χ4v) is 0.826. The van der Waals surface area contributed by atoms with Gasteiger partial charge in [-0.2, -0.15) is 0 Å². The molecule has 0 aromatic carbocycles. The van der Waals surface area contributed by atoms with Gasteiger partial charge in [-0.05, 0) is 13.8 Å². The first kappa shape index (κ1) is 8.83. The highest BCUT2D eigenvalue weighted by molar-refractivity contribution is 5.80. The fourth-order valence-electron chi connectivity index (χ4n) is 0.826. The SMILES string of the molecule is CC1(C)CC(OCC(=O)O)=NO1. The molecule has 0 amide bonds. The van der Waals surface area contributed by atoms with Crippen LogP contribution in [0.15, 0.2) is 5.16 Å². The van der Waals surface area contributed by atoms with E-state index in [1.165, 1.54) is 0 Å². The third kappa shape index (κ3) is 2.41. The van der Waals surface area contributed by atoms with Crippen LogP contribution in [0.1, 0.15) is 20.3 Å². The normalized spacial score (nSPS) is 19.7. The van der Waals surface area contributed by atoms with E-state index in [-0.39, 0.29) is 12.2 Å². The molecule has 12 heavy (non-hydrogen) atoms. The highest BCUT2D eigenvalue weighted by Crippen LogP contribution is 2.22. The molecule has 0 radical (unpaired) electrons. The van der Waals surface area contributed by atoms with Crippen molar-refractivity contribution in [2.75, 3.05) is 6.61 Å². The number of hydrogen-bond acceptors (Lipinski definition) is 4. The van der Waals surface area contributed by atoms with Crippen LogP contribution in [0.5, 0.6) is 0 Å². The summed E-state index contributed by atoms with van der Waals surface area (Å²) in [7, 11) is 0. The second-order valence-corrected chi connectivity index (χ2v) is 3.20. The van der Waals surface area contributed by atoms with Gasteiger partial charge in [-0.25, -0.2) is 4.79 Å². The lowest BCUT2D eigenvalue weighted by Gasteiger charge is -2.12. The van der Waals surface area contributed by atoms with Crippen molar-refractivity contribution in [1.29, 1.82) is 0 Å². The van der Waals surface area contributed by atoms with E-state index in [0.29, 0.717) is 12.3 Å². The predicted octanol–water partition coefficient (Wildman–Crippen LogP) is 0.600. The summed E-state index contributed by atoms with van der Waals surface area (Å²) < 4.78 is 4.83. The van der Waals surface area contributed by atoms with Crippen molar-refractivity contribution in [3.8, 4) is 0 Å². The van der Waals surface area contributed by atoms with Crippen LogP contribution in [0.4, 0.5) is 0 Å². The Labute approximate surface area is 70.0 Å². The third-order valence-corrected chi connectivity index (χ3v) is 1.33. The molecule has 0 atom stereocenters. The Hall–Kier alpha value is -1.26. The van der Waals surface area contributed by atoms with Crippen molar-refractivity contribution in [3.63, 3.8) is 0 Å². The Bertz CT molecular complexity index is 221. The smallest absolute Gasteiger partial charge is 0.341 e. The van der Waals surface area contributed by atoms with Gasteiger partial charge in [0.1, 0.15) is 5.60 Å². The first-order chi connectivity index (χ1) is 5.49. The van der Waals surface area contributed by atoms with Gasteiger partial charge in [0, 0.05) is 0 Å². The summed E-state index contributed by atoms with van der Waals surface area (Å²) in [6, 6.07) is 0. The number of rotatable bonds is 2.